The van der Waals surface area contributed by atoms with Crippen molar-refractivity contribution in [3.8, 4) is 0 Å². The molecule has 1 aliphatic carbocycles. The van der Waals surface area contributed by atoms with Crippen LogP contribution in [0.4, 0.5) is 0 Å². The molecule has 25 heavy (non-hydrogen) atoms. The summed E-state index contributed by atoms with van der Waals surface area (Å²) in [7, 11) is -3.53. The molecular weight excluding hydrogens is 338 g/mol. The number of hydrogen-bond acceptors (Lipinski definition) is 4. The van der Waals surface area contributed by atoms with Crippen LogP contribution >= 0.6 is 0 Å². The first-order chi connectivity index (χ1) is 12.0. The first kappa shape index (κ1) is 17.6. The topological polar surface area (TPSA) is 88.2 Å². The summed E-state index contributed by atoms with van der Waals surface area (Å²) in [6, 6.07) is 9.69. The predicted octanol–water partition coefficient (Wildman–Crippen LogP) is 2.23. The fraction of sp³-hybridized carbons (Fsp3) is 0.333. The lowest BCUT2D eigenvalue weighted by molar-refractivity contribution is 0.0951. The summed E-state index contributed by atoms with van der Waals surface area (Å²) in [6.45, 7) is 0.371. The molecule has 0 atom stereocenters. The first-order valence-electron chi connectivity index (χ1n) is 8.34. The van der Waals surface area contributed by atoms with E-state index in [1.165, 1.54) is 24.3 Å². The number of pyridine rings is 1. The number of nitrogens with zero attached hydrogens (tertiary/aromatic N) is 1. The van der Waals surface area contributed by atoms with Crippen LogP contribution in [-0.4, -0.2) is 25.4 Å². The van der Waals surface area contributed by atoms with Crippen LogP contribution in [0.1, 0.15) is 41.6 Å². The van der Waals surface area contributed by atoms with Crippen molar-refractivity contribution in [2.45, 2.75) is 43.2 Å². The van der Waals surface area contributed by atoms with Gasteiger partial charge in [-0.3, -0.25) is 9.78 Å². The molecule has 1 amide bonds. The number of hydrogen-bond donors (Lipinski definition) is 2. The van der Waals surface area contributed by atoms with Gasteiger partial charge in [-0.2, -0.15) is 0 Å². The second kappa shape index (κ2) is 7.76. The Morgan fingerprint density at radius 2 is 1.84 bits per heavy atom. The van der Waals surface area contributed by atoms with Gasteiger partial charge in [0.1, 0.15) is 0 Å². The zero-order valence-corrected chi connectivity index (χ0v) is 14.6. The van der Waals surface area contributed by atoms with Crippen LogP contribution in [0.25, 0.3) is 0 Å². The highest BCUT2D eigenvalue weighted by Gasteiger charge is 2.22. The van der Waals surface area contributed by atoms with Gasteiger partial charge in [0.15, 0.2) is 0 Å². The van der Waals surface area contributed by atoms with Crippen molar-refractivity contribution in [2.24, 2.45) is 0 Å². The Kier molecular flexibility index (Phi) is 5.45. The van der Waals surface area contributed by atoms with Crippen molar-refractivity contribution < 1.29 is 13.2 Å². The molecule has 1 heterocycles. The number of aromatic nitrogens is 1. The van der Waals surface area contributed by atoms with E-state index in [2.05, 4.69) is 15.0 Å². The van der Waals surface area contributed by atoms with Crippen LogP contribution in [0.5, 0.6) is 0 Å². The van der Waals surface area contributed by atoms with E-state index in [-0.39, 0.29) is 16.8 Å². The van der Waals surface area contributed by atoms with E-state index >= 15 is 0 Å². The molecule has 1 aromatic carbocycles. The number of carbonyl (C=O) groups is 1. The van der Waals surface area contributed by atoms with E-state index in [0.717, 1.165) is 31.2 Å². The maximum Gasteiger partial charge on any atom is 0.251 e. The molecule has 1 saturated carbocycles. The number of amides is 1. The number of carbonyl (C=O) groups excluding carboxylic acids is 1. The molecule has 0 spiro atoms. The lowest BCUT2D eigenvalue weighted by Crippen LogP contribution is -2.32. The van der Waals surface area contributed by atoms with Crippen LogP contribution in [-0.2, 0) is 16.6 Å². The molecule has 0 unspecified atom stereocenters. The molecule has 2 aromatic rings. The summed E-state index contributed by atoms with van der Waals surface area (Å²) in [6.07, 6.45) is 7.24. The average molecular weight is 359 g/mol. The van der Waals surface area contributed by atoms with Gasteiger partial charge in [-0.15, -0.1) is 0 Å². The summed E-state index contributed by atoms with van der Waals surface area (Å²) in [5, 5.41) is 2.79. The predicted molar refractivity (Wildman–Crippen MR) is 94.4 cm³/mol. The zero-order valence-electron chi connectivity index (χ0n) is 13.8. The van der Waals surface area contributed by atoms with Gasteiger partial charge in [0, 0.05) is 30.5 Å². The van der Waals surface area contributed by atoms with Crippen molar-refractivity contribution in [3.05, 3.63) is 59.9 Å². The Bertz CT molecular complexity index is 814. The molecule has 0 aliphatic heterocycles. The van der Waals surface area contributed by atoms with Gasteiger partial charge in [-0.25, -0.2) is 13.1 Å². The van der Waals surface area contributed by atoms with Gasteiger partial charge in [-0.1, -0.05) is 18.9 Å². The second-order valence-electron chi connectivity index (χ2n) is 6.17. The molecule has 3 rings (SSSR count). The number of benzene rings is 1. The van der Waals surface area contributed by atoms with Crippen LogP contribution in [0.15, 0.2) is 53.7 Å². The van der Waals surface area contributed by atoms with Crippen LogP contribution in [0, 0.1) is 0 Å². The third-order valence-electron chi connectivity index (χ3n) is 4.28. The van der Waals surface area contributed by atoms with Crippen molar-refractivity contribution in [1.29, 1.82) is 0 Å². The second-order valence-corrected chi connectivity index (χ2v) is 7.88. The summed E-state index contributed by atoms with van der Waals surface area (Å²) in [4.78, 5) is 16.3. The molecule has 7 heteroatoms. The summed E-state index contributed by atoms with van der Waals surface area (Å²) in [5.74, 6) is -0.253. The monoisotopic (exact) mass is 359 g/mol. The minimum absolute atomic E-state index is 0.0208. The van der Waals surface area contributed by atoms with E-state index < -0.39 is 10.0 Å². The van der Waals surface area contributed by atoms with Gasteiger partial charge in [-0.05, 0) is 48.7 Å². The van der Waals surface area contributed by atoms with Crippen LogP contribution in [0.3, 0.4) is 0 Å². The Morgan fingerprint density at radius 3 is 2.48 bits per heavy atom. The van der Waals surface area contributed by atoms with Gasteiger partial charge in [0.05, 0.1) is 4.90 Å². The van der Waals surface area contributed by atoms with E-state index in [1.807, 2.05) is 6.07 Å². The standard InChI is InChI=1S/C18H21N3O3S/c22-18(20-13-14-4-3-11-19-12-14)15-7-9-17(10-8-15)25(23,24)21-16-5-1-2-6-16/h3-4,7-12,16,21H,1-2,5-6,13H2,(H,20,22). The van der Waals surface area contributed by atoms with E-state index in [4.69, 9.17) is 0 Å². The highest BCUT2D eigenvalue weighted by molar-refractivity contribution is 7.89. The average Bonchev–Trinajstić information content (AvgIpc) is 3.13. The lowest BCUT2D eigenvalue weighted by atomic mass is 10.2. The van der Waals surface area contributed by atoms with Gasteiger partial charge >= 0.3 is 0 Å². The Hall–Kier alpha value is -2.25. The summed E-state index contributed by atoms with van der Waals surface area (Å²) >= 11 is 0. The SMILES string of the molecule is O=C(NCc1cccnc1)c1ccc(S(=O)(=O)NC2CCCC2)cc1. The van der Waals surface area contributed by atoms with Crippen molar-refractivity contribution in [1.82, 2.24) is 15.0 Å². The van der Waals surface area contributed by atoms with Gasteiger partial charge < -0.3 is 5.32 Å². The Balaban J connectivity index is 1.62. The quantitative estimate of drug-likeness (QED) is 0.828. The maximum absolute atomic E-state index is 12.4. The maximum atomic E-state index is 12.4. The summed E-state index contributed by atoms with van der Waals surface area (Å²) < 4.78 is 27.5. The van der Waals surface area contributed by atoms with Gasteiger partial charge in [0.2, 0.25) is 10.0 Å². The minimum Gasteiger partial charge on any atom is -0.348 e. The first-order valence-corrected chi connectivity index (χ1v) is 9.82. The largest absolute Gasteiger partial charge is 0.348 e. The minimum atomic E-state index is -3.53. The molecule has 1 aromatic heterocycles. The number of rotatable bonds is 6. The number of nitrogens with one attached hydrogen (secondary N) is 2. The van der Waals surface area contributed by atoms with Crippen molar-refractivity contribution >= 4 is 15.9 Å². The Morgan fingerprint density at radius 1 is 1.12 bits per heavy atom. The molecule has 0 saturated heterocycles. The Labute approximate surface area is 147 Å². The number of sulfonamides is 1. The zero-order chi connectivity index (χ0) is 17.7. The fourth-order valence-electron chi connectivity index (χ4n) is 2.90. The van der Waals surface area contributed by atoms with E-state index in [1.54, 1.807) is 18.5 Å². The fourth-order valence-corrected chi connectivity index (χ4v) is 4.21. The van der Waals surface area contributed by atoms with Crippen LogP contribution in [0.2, 0.25) is 0 Å². The van der Waals surface area contributed by atoms with Crippen molar-refractivity contribution in [2.75, 3.05) is 0 Å². The summed E-state index contributed by atoms with van der Waals surface area (Å²) in [5.41, 5.74) is 1.32. The van der Waals surface area contributed by atoms with E-state index in [0.29, 0.717) is 12.1 Å². The normalized spacial score (nSPS) is 15.2. The molecular formula is C18H21N3O3S. The van der Waals surface area contributed by atoms with Crippen LogP contribution < -0.4 is 10.0 Å². The van der Waals surface area contributed by atoms with E-state index in [9.17, 15) is 13.2 Å². The smallest absolute Gasteiger partial charge is 0.251 e. The molecule has 0 radical (unpaired) electrons. The lowest BCUT2D eigenvalue weighted by Gasteiger charge is -2.12. The third-order valence-corrected chi connectivity index (χ3v) is 5.82. The molecule has 132 valence electrons. The molecule has 2 N–H and O–H groups in total. The molecule has 1 aliphatic rings. The third kappa shape index (κ3) is 4.64. The molecule has 6 nitrogen and oxygen atoms in total. The molecule has 0 bridgehead atoms. The van der Waals surface area contributed by atoms with Crippen molar-refractivity contribution in [3.63, 3.8) is 0 Å². The molecule has 1 fully saturated rings. The van der Waals surface area contributed by atoms with Gasteiger partial charge in [0.25, 0.3) is 5.91 Å². The highest BCUT2D eigenvalue weighted by atomic mass is 32.2. The highest BCUT2D eigenvalue weighted by Crippen LogP contribution is 2.20.